The Morgan fingerprint density at radius 1 is 1.25 bits per heavy atom. The second-order valence-electron chi connectivity index (χ2n) is 7.21. The lowest BCUT2D eigenvalue weighted by molar-refractivity contribution is 0.0441. The van der Waals surface area contributed by atoms with E-state index >= 15 is 0 Å². The Morgan fingerprint density at radius 3 is 2.20 bits per heavy atom. The maximum Gasteiger partial charge on any atom is 0.122 e. The predicted octanol–water partition coefficient (Wildman–Crippen LogP) is 1.68. The van der Waals surface area contributed by atoms with Gasteiger partial charge in [-0.2, -0.15) is 5.26 Å². The van der Waals surface area contributed by atoms with Crippen LogP contribution in [0.15, 0.2) is 0 Å². The first-order chi connectivity index (χ1) is 9.38. The van der Waals surface area contributed by atoms with Crippen LogP contribution >= 0.6 is 0 Å². The first-order valence-electron chi connectivity index (χ1n) is 8.01. The Bertz CT molecular complexity index is 359. The molecule has 0 spiro atoms. The standard InChI is InChI=1S/C16H30N4/c1-12(2)18-16(10-17,15-6-7-15)11-20-8-13(3)19(5)14(4)9-20/h12-15,18H,6-9,11H2,1-5H3. The first-order valence-corrected chi connectivity index (χ1v) is 8.01. The normalized spacial score (nSPS) is 32.0. The molecule has 3 atom stereocenters. The van der Waals surface area contributed by atoms with Gasteiger partial charge in [0.05, 0.1) is 6.07 Å². The van der Waals surface area contributed by atoms with E-state index in [1.165, 1.54) is 12.8 Å². The van der Waals surface area contributed by atoms with Gasteiger partial charge in [-0.05, 0) is 53.5 Å². The number of piperazine rings is 1. The third-order valence-corrected chi connectivity index (χ3v) is 4.93. The van der Waals surface area contributed by atoms with Crippen molar-refractivity contribution in [2.45, 2.75) is 64.2 Å². The average molecular weight is 278 g/mol. The highest BCUT2D eigenvalue weighted by Gasteiger charge is 2.47. The molecule has 0 aromatic heterocycles. The van der Waals surface area contributed by atoms with Gasteiger partial charge in [-0.25, -0.2) is 0 Å². The van der Waals surface area contributed by atoms with Crippen LogP contribution in [0.2, 0.25) is 0 Å². The zero-order valence-corrected chi connectivity index (χ0v) is 13.7. The summed E-state index contributed by atoms with van der Waals surface area (Å²) in [7, 11) is 2.21. The summed E-state index contributed by atoms with van der Waals surface area (Å²) in [5.74, 6) is 0.542. The van der Waals surface area contributed by atoms with Crippen molar-refractivity contribution >= 4 is 0 Å². The molecule has 20 heavy (non-hydrogen) atoms. The molecule has 4 nitrogen and oxygen atoms in total. The van der Waals surface area contributed by atoms with Crippen LogP contribution in [0.4, 0.5) is 0 Å². The van der Waals surface area contributed by atoms with E-state index in [0.29, 0.717) is 24.0 Å². The van der Waals surface area contributed by atoms with Crippen LogP contribution < -0.4 is 5.32 Å². The van der Waals surface area contributed by atoms with Gasteiger partial charge in [-0.15, -0.1) is 0 Å². The molecule has 0 amide bonds. The van der Waals surface area contributed by atoms with E-state index in [1.807, 2.05) is 0 Å². The van der Waals surface area contributed by atoms with Crippen LogP contribution in [-0.2, 0) is 0 Å². The van der Waals surface area contributed by atoms with Crippen LogP contribution in [0.1, 0.15) is 40.5 Å². The van der Waals surface area contributed by atoms with Crippen molar-refractivity contribution in [3.8, 4) is 6.07 Å². The third-order valence-electron chi connectivity index (χ3n) is 4.93. The van der Waals surface area contributed by atoms with Crippen LogP contribution in [-0.4, -0.2) is 60.1 Å². The van der Waals surface area contributed by atoms with Crippen LogP contribution in [0.3, 0.4) is 0 Å². The molecule has 2 rings (SSSR count). The maximum absolute atomic E-state index is 9.80. The Labute approximate surface area is 124 Å². The number of nitriles is 1. The van der Waals surface area contributed by atoms with Gasteiger partial charge in [0, 0.05) is 37.8 Å². The molecule has 1 heterocycles. The second-order valence-corrected chi connectivity index (χ2v) is 7.21. The lowest BCUT2D eigenvalue weighted by Gasteiger charge is -2.45. The highest BCUT2D eigenvalue weighted by Crippen LogP contribution is 2.40. The largest absolute Gasteiger partial charge is 0.298 e. The molecule has 2 aliphatic rings. The van der Waals surface area contributed by atoms with Gasteiger partial charge in [0.15, 0.2) is 0 Å². The molecule has 2 fully saturated rings. The van der Waals surface area contributed by atoms with Gasteiger partial charge in [0.25, 0.3) is 0 Å². The van der Waals surface area contributed by atoms with Crippen molar-refractivity contribution in [3.63, 3.8) is 0 Å². The van der Waals surface area contributed by atoms with Crippen molar-refractivity contribution in [3.05, 3.63) is 0 Å². The second kappa shape index (κ2) is 6.01. The lowest BCUT2D eigenvalue weighted by atomic mass is 9.92. The molecular weight excluding hydrogens is 248 g/mol. The van der Waals surface area contributed by atoms with Crippen LogP contribution in [0.25, 0.3) is 0 Å². The first kappa shape index (κ1) is 15.8. The van der Waals surface area contributed by atoms with Crippen molar-refractivity contribution in [1.29, 1.82) is 5.26 Å². The summed E-state index contributed by atoms with van der Waals surface area (Å²) in [5, 5.41) is 13.4. The molecule has 0 aromatic rings. The van der Waals surface area contributed by atoms with Crippen molar-refractivity contribution < 1.29 is 0 Å². The Hall–Kier alpha value is -0.630. The Morgan fingerprint density at radius 2 is 1.80 bits per heavy atom. The monoisotopic (exact) mass is 278 g/mol. The Kier molecular flexibility index (Phi) is 4.73. The molecule has 0 aromatic carbocycles. The highest BCUT2D eigenvalue weighted by atomic mass is 15.3. The van der Waals surface area contributed by atoms with Gasteiger partial charge in [0.2, 0.25) is 0 Å². The highest BCUT2D eigenvalue weighted by molar-refractivity contribution is 5.17. The molecule has 114 valence electrons. The maximum atomic E-state index is 9.80. The molecule has 1 aliphatic heterocycles. The van der Waals surface area contributed by atoms with Crippen molar-refractivity contribution in [1.82, 2.24) is 15.1 Å². The number of rotatable bonds is 5. The number of likely N-dealkylation sites (N-methyl/N-ethyl adjacent to an activating group) is 1. The predicted molar refractivity (Wildman–Crippen MR) is 82.5 cm³/mol. The van der Waals surface area contributed by atoms with E-state index in [0.717, 1.165) is 19.6 Å². The van der Waals surface area contributed by atoms with E-state index in [2.05, 4.69) is 55.9 Å². The zero-order valence-electron chi connectivity index (χ0n) is 13.7. The number of nitrogens with zero attached hydrogens (tertiary/aromatic N) is 3. The molecule has 0 radical (unpaired) electrons. The average Bonchev–Trinajstić information content (AvgIpc) is 3.18. The molecule has 1 saturated heterocycles. The quantitative estimate of drug-likeness (QED) is 0.831. The minimum absolute atomic E-state index is 0.344. The summed E-state index contributed by atoms with van der Waals surface area (Å²) in [6.07, 6.45) is 2.40. The van der Waals surface area contributed by atoms with Gasteiger partial charge >= 0.3 is 0 Å². The zero-order chi connectivity index (χ0) is 14.9. The summed E-state index contributed by atoms with van der Waals surface area (Å²) in [4.78, 5) is 4.93. The van der Waals surface area contributed by atoms with Gasteiger partial charge in [-0.1, -0.05) is 0 Å². The molecule has 1 saturated carbocycles. The summed E-state index contributed by atoms with van der Waals surface area (Å²) < 4.78 is 0. The van der Waals surface area contributed by atoms with Gasteiger partial charge < -0.3 is 0 Å². The van der Waals surface area contributed by atoms with Crippen LogP contribution in [0, 0.1) is 17.2 Å². The fourth-order valence-corrected chi connectivity index (χ4v) is 3.54. The lowest BCUT2D eigenvalue weighted by Crippen LogP contribution is -2.62. The Balaban J connectivity index is 2.06. The topological polar surface area (TPSA) is 42.3 Å². The molecular formula is C16H30N4. The van der Waals surface area contributed by atoms with E-state index in [1.54, 1.807) is 0 Å². The van der Waals surface area contributed by atoms with Crippen molar-refractivity contribution in [2.24, 2.45) is 5.92 Å². The fraction of sp³-hybridized carbons (Fsp3) is 0.938. The summed E-state index contributed by atoms with van der Waals surface area (Å²) in [6, 6.07) is 4.12. The summed E-state index contributed by atoms with van der Waals surface area (Å²) in [5.41, 5.74) is -0.344. The molecule has 4 heteroatoms. The molecule has 1 aliphatic carbocycles. The fourth-order valence-electron chi connectivity index (χ4n) is 3.54. The van der Waals surface area contributed by atoms with E-state index in [-0.39, 0.29) is 5.54 Å². The minimum atomic E-state index is -0.344. The SMILES string of the molecule is CC(C)NC(C#N)(CN1CC(C)N(C)C(C)C1)C1CC1. The number of nitrogens with one attached hydrogen (secondary N) is 1. The smallest absolute Gasteiger partial charge is 0.122 e. The number of hydrogen-bond acceptors (Lipinski definition) is 4. The summed E-state index contributed by atoms with van der Waals surface area (Å²) >= 11 is 0. The number of hydrogen-bond donors (Lipinski definition) is 1. The van der Waals surface area contributed by atoms with E-state index in [4.69, 9.17) is 0 Å². The van der Waals surface area contributed by atoms with E-state index in [9.17, 15) is 5.26 Å². The molecule has 0 bridgehead atoms. The van der Waals surface area contributed by atoms with Gasteiger partial charge in [0.1, 0.15) is 5.54 Å². The third kappa shape index (κ3) is 3.33. The van der Waals surface area contributed by atoms with Crippen LogP contribution in [0.5, 0.6) is 0 Å². The minimum Gasteiger partial charge on any atom is -0.298 e. The summed E-state index contributed by atoms with van der Waals surface area (Å²) in [6.45, 7) is 11.9. The van der Waals surface area contributed by atoms with E-state index < -0.39 is 0 Å². The molecule has 1 N–H and O–H groups in total. The van der Waals surface area contributed by atoms with Gasteiger partial charge in [-0.3, -0.25) is 15.1 Å². The van der Waals surface area contributed by atoms with Crippen molar-refractivity contribution in [2.75, 3.05) is 26.7 Å². The molecule has 3 unspecified atom stereocenters.